The molecular weight excluding hydrogens is 152 g/mol. The molecule has 0 aromatic carbocycles. The summed E-state index contributed by atoms with van der Waals surface area (Å²) in [6, 6.07) is 0.220. The first kappa shape index (κ1) is 9.19. The number of nitrogens with two attached hydrogens (primary N) is 1. The lowest BCUT2D eigenvalue weighted by Crippen LogP contribution is -2.24. The summed E-state index contributed by atoms with van der Waals surface area (Å²) in [4.78, 5) is 4.11. The number of hydrogen-bond acceptors (Lipinski definition) is 3. The Morgan fingerprint density at radius 1 is 1.67 bits per heavy atom. The molecule has 0 spiro atoms. The highest BCUT2D eigenvalue weighted by molar-refractivity contribution is 4.87. The fourth-order valence-electron chi connectivity index (χ4n) is 1.21. The second kappa shape index (κ2) is 4.21. The Morgan fingerprint density at radius 3 is 2.92 bits per heavy atom. The van der Waals surface area contributed by atoms with Crippen LogP contribution in [0.2, 0.25) is 0 Å². The molecule has 1 atom stereocenters. The van der Waals surface area contributed by atoms with Gasteiger partial charge in [-0.25, -0.2) is 4.98 Å². The Bertz CT molecular complexity index is 231. The summed E-state index contributed by atoms with van der Waals surface area (Å²) in [6.07, 6.45) is 4.56. The van der Waals surface area contributed by atoms with Gasteiger partial charge in [0.05, 0.1) is 0 Å². The van der Waals surface area contributed by atoms with Gasteiger partial charge in [-0.3, -0.25) is 4.68 Å². The van der Waals surface area contributed by atoms with Crippen LogP contribution in [0.3, 0.4) is 0 Å². The molecule has 1 unspecified atom stereocenters. The standard InChI is InChI=1S/C8H16N4/c1-3-4-7(9)5-8-10-6-11-12(8)2/h6-7H,3-5,9H2,1-2H3. The Morgan fingerprint density at radius 2 is 2.42 bits per heavy atom. The highest BCUT2D eigenvalue weighted by Crippen LogP contribution is 2.01. The summed E-state index contributed by atoms with van der Waals surface area (Å²) in [5.41, 5.74) is 5.86. The van der Waals surface area contributed by atoms with Crippen LogP contribution in [-0.2, 0) is 13.5 Å². The van der Waals surface area contributed by atoms with Crippen molar-refractivity contribution < 1.29 is 0 Å². The minimum atomic E-state index is 0.220. The van der Waals surface area contributed by atoms with Gasteiger partial charge in [-0.05, 0) is 6.42 Å². The van der Waals surface area contributed by atoms with Gasteiger partial charge < -0.3 is 5.73 Å². The van der Waals surface area contributed by atoms with Crippen molar-refractivity contribution in [3.8, 4) is 0 Å². The van der Waals surface area contributed by atoms with Gasteiger partial charge in [0.25, 0.3) is 0 Å². The van der Waals surface area contributed by atoms with Crippen LogP contribution in [0.5, 0.6) is 0 Å². The zero-order chi connectivity index (χ0) is 8.97. The van der Waals surface area contributed by atoms with Crippen LogP contribution in [-0.4, -0.2) is 20.8 Å². The number of hydrogen-bond donors (Lipinski definition) is 1. The first-order valence-electron chi connectivity index (χ1n) is 4.32. The number of nitrogens with zero attached hydrogens (tertiary/aromatic N) is 3. The molecule has 0 radical (unpaired) electrons. The van der Waals surface area contributed by atoms with E-state index in [0.717, 1.165) is 25.1 Å². The summed E-state index contributed by atoms with van der Waals surface area (Å²) < 4.78 is 1.77. The SMILES string of the molecule is CCCC(N)Cc1ncnn1C. The molecule has 0 bridgehead atoms. The number of aromatic nitrogens is 3. The molecule has 4 heteroatoms. The molecule has 1 heterocycles. The molecule has 68 valence electrons. The van der Waals surface area contributed by atoms with Gasteiger partial charge in [-0.1, -0.05) is 13.3 Å². The monoisotopic (exact) mass is 168 g/mol. The Kier molecular flexibility index (Phi) is 3.22. The van der Waals surface area contributed by atoms with E-state index in [0.29, 0.717) is 0 Å². The molecule has 0 saturated heterocycles. The summed E-state index contributed by atoms with van der Waals surface area (Å²) in [7, 11) is 1.89. The number of rotatable bonds is 4. The first-order chi connectivity index (χ1) is 5.74. The molecule has 0 saturated carbocycles. The summed E-state index contributed by atoms with van der Waals surface area (Å²) >= 11 is 0. The van der Waals surface area contributed by atoms with Crippen LogP contribution in [0.25, 0.3) is 0 Å². The van der Waals surface area contributed by atoms with E-state index in [1.165, 1.54) is 0 Å². The van der Waals surface area contributed by atoms with Crippen LogP contribution in [0.1, 0.15) is 25.6 Å². The van der Waals surface area contributed by atoms with E-state index in [9.17, 15) is 0 Å². The quantitative estimate of drug-likeness (QED) is 0.711. The largest absolute Gasteiger partial charge is 0.327 e. The second-order valence-electron chi connectivity index (χ2n) is 3.05. The van der Waals surface area contributed by atoms with E-state index < -0.39 is 0 Å². The molecule has 0 aliphatic carbocycles. The molecule has 2 N–H and O–H groups in total. The average Bonchev–Trinajstić information content (AvgIpc) is 2.37. The Hall–Kier alpha value is -0.900. The molecule has 0 aliphatic rings. The van der Waals surface area contributed by atoms with E-state index in [-0.39, 0.29) is 6.04 Å². The zero-order valence-corrected chi connectivity index (χ0v) is 7.70. The topological polar surface area (TPSA) is 56.7 Å². The van der Waals surface area contributed by atoms with Gasteiger partial charge in [-0.15, -0.1) is 0 Å². The normalized spacial score (nSPS) is 13.2. The van der Waals surface area contributed by atoms with Crippen molar-refractivity contribution >= 4 is 0 Å². The van der Waals surface area contributed by atoms with Gasteiger partial charge in [0.2, 0.25) is 0 Å². The fourth-order valence-corrected chi connectivity index (χ4v) is 1.21. The molecule has 0 aliphatic heterocycles. The minimum absolute atomic E-state index is 0.220. The van der Waals surface area contributed by atoms with Crippen molar-refractivity contribution in [2.24, 2.45) is 12.8 Å². The smallest absolute Gasteiger partial charge is 0.138 e. The minimum Gasteiger partial charge on any atom is -0.327 e. The van der Waals surface area contributed by atoms with Crippen molar-refractivity contribution in [3.63, 3.8) is 0 Å². The Labute approximate surface area is 72.8 Å². The first-order valence-corrected chi connectivity index (χ1v) is 4.32. The molecule has 1 aromatic heterocycles. The highest BCUT2D eigenvalue weighted by Gasteiger charge is 2.06. The highest BCUT2D eigenvalue weighted by atomic mass is 15.3. The van der Waals surface area contributed by atoms with E-state index >= 15 is 0 Å². The van der Waals surface area contributed by atoms with E-state index in [1.807, 2.05) is 7.05 Å². The summed E-state index contributed by atoms with van der Waals surface area (Å²) in [6.45, 7) is 2.14. The van der Waals surface area contributed by atoms with Gasteiger partial charge in [0.1, 0.15) is 12.2 Å². The molecule has 4 nitrogen and oxygen atoms in total. The number of aryl methyl sites for hydroxylation is 1. The van der Waals surface area contributed by atoms with Crippen LogP contribution in [0, 0.1) is 0 Å². The lowest BCUT2D eigenvalue weighted by molar-refractivity contribution is 0.563. The fraction of sp³-hybridized carbons (Fsp3) is 0.750. The van der Waals surface area contributed by atoms with Crippen LogP contribution < -0.4 is 5.73 Å². The predicted octanol–water partition coefficient (Wildman–Crippen LogP) is 0.485. The van der Waals surface area contributed by atoms with Gasteiger partial charge in [0.15, 0.2) is 0 Å². The molecule has 1 rings (SSSR count). The van der Waals surface area contributed by atoms with Crippen molar-refractivity contribution in [2.45, 2.75) is 32.2 Å². The van der Waals surface area contributed by atoms with Gasteiger partial charge in [0, 0.05) is 19.5 Å². The summed E-state index contributed by atoms with van der Waals surface area (Å²) in [5.74, 6) is 0.968. The second-order valence-corrected chi connectivity index (χ2v) is 3.05. The third-order valence-electron chi connectivity index (χ3n) is 1.91. The lowest BCUT2D eigenvalue weighted by atomic mass is 10.1. The van der Waals surface area contributed by atoms with E-state index in [2.05, 4.69) is 17.0 Å². The molecule has 0 amide bonds. The molecule has 0 fully saturated rings. The average molecular weight is 168 g/mol. The van der Waals surface area contributed by atoms with Crippen LogP contribution in [0.15, 0.2) is 6.33 Å². The molecular formula is C8H16N4. The van der Waals surface area contributed by atoms with Crippen molar-refractivity contribution in [3.05, 3.63) is 12.2 Å². The van der Waals surface area contributed by atoms with Gasteiger partial charge in [-0.2, -0.15) is 5.10 Å². The van der Waals surface area contributed by atoms with Crippen LogP contribution >= 0.6 is 0 Å². The Balaban J connectivity index is 2.46. The predicted molar refractivity (Wildman–Crippen MR) is 47.6 cm³/mol. The maximum atomic E-state index is 5.86. The van der Waals surface area contributed by atoms with Crippen molar-refractivity contribution in [1.29, 1.82) is 0 Å². The maximum Gasteiger partial charge on any atom is 0.138 e. The van der Waals surface area contributed by atoms with E-state index in [1.54, 1.807) is 11.0 Å². The van der Waals surface area contributed by atoms with Crippen molar-refractivity contribution in [2.75, 3.05) is 0 Å². The lowest BCUT2D eigenvalue weighted by Gasteiger charge is -2.08. The molecule has 1 aromatic rings. The maximum absolute atomic E-state index is 5.86. The van der Waals surface area contributed by atoms with E-state index in [4.69, 9.17) is 5.73 Å². The third-order valence-corrected chi connectivity index (χ3v) is 1.91. The van der Waals surface area contributed by atoms with Crippen LogP contribution in [0.4, 0.5) is 0 Å². The molecule has 12 heavy (non-hydrogen) atoms. The summed E-state index contributed by atoms with van der Waals surface area (Å²) in [5, 5.41) is 3.98. The third kappa shape index (κ3) is 2.30. The van der Waals surface area contributed by atoms with Crippen molar-refractivity contribution in [1.82, 2.24) is 14.8 Å². The van der Waals surface area contributed by atoms with Gasteiger partial charge >= 0.3 is 0 Å². The zero-order valence-electron chi connectivity index (χ0n) is 7.70.